The number of ether oxygens (including phenoxy) is 4. The van der Waals surface area contributed by atoms with Crippen LogP contribution >= 0.6 is 0 Å². The summed E-state index contributed by atoms with van der Waals surface area (Å²) in [5, 5.41) is 0. The van der Waals surface area contributed by atoms with E-state index < -0.39 is 16.7 Å². The Morgan fingerprint density at radius 2 is 1.79 bits per heavy atom. The highest BCUT2D eigenvalue weighted by atomic mass is 16.7. The first-order valence-electron chi connectivity index (χ1n) is 10.4. The molecule has 0 spiro atoms. The molecule has 1 saturated carbocycles. The number of hydrogen-bond acceptors (Lipinski definition) is 6. The maximum absolute atomic E-state index is 13.8. The maximum Gasteiger partial charge on any atom is 0.203 e. The summed E-state index contributed by atoms with van der Waals surface area (Å²) in [7, 11) is 4.72. The summed E-state index contributed by atoms with van der Waals surface area (Å²) in [6.07, 6.45) is 2.76. The summed E-state index contributed by atoms with van der Waals surface area (Å²) < 4.78 is 23.0. The highest BCUT2D eigenvalue weighted by Crippen LogP contribution is 2.67. The zero-order valence-corrected chi connectivity index (χ0v) is 18.4. The summed E-state index contributed by atoms with van der Waals surface area (Å²) in [5.74, 6) is 0.169. The average Bonchev–Trinajstić information content (AvgIpc) is 2.68. The molecule has 6 heteroatoms. The van der Waals surface area contributed by atoms with Crippen LogP contribution in [-0.2, 0) is 28.5 Å². The SMILES string of the molecule is COC1=C[C@@H](C)[C@@H]2C[C@H]3O[C@H](OC)C[C@H]4C(C)=C(OC)C(=O)[C@H]([C@@]2(C)C1=O)[C@@]34C. The van der Waals surface area contributed by atoms with Crippen molar-refractivity contribution in [1.29, 1.82) is 0 Å². The zero-order valence-electron chi connectivity index (χ0n) is 18.4. The molecule has 160 valence electrons. The number of rotatable bonds is 3. The summed E-state index contributed by atoms with van der Waals surface area (Å²) in [4.78, 5) is 27.5. The van der Waals surface area contributed by atoms with E-state index >= 15 is 0 Å². The van der Waals surface area contributed by atoms with Gasteiger partial charge in [-0.25, -0.2) is 0 Å². The first-order chi connectivity index (χ1) is 13.7. The molecule has 3 aliphatic carbocycles. The number of methoxy groups -OCH3 is 3. The minimum absolute atomic E-state index is 0.0197. The van der Waals surface area contributed by atoms with E-state index in [1.807, 2.05) is 19.9 Å². The summed E-state index contributed by atoms with van der Waals surface area (Å²) in [6.45, 7) is 8.14. The van der Waals surface area contributed by atoms with Crippen molar-refractivity contribution in [3.8, 4) is 0 Å². The largest absolute Gasteiger partial charge is 0.493 e. The van der Waals surface area contributed by atoms with Gasteiger partial charge in [0.2, 0.25) is 11.6 Å². The Kier molecular flexibility index (Phi) is 4.74. The van der Waals surface area contributed by atoms with Gasteiger partial charge in [-0.1, -0.05) is 20.8 Å². The molecule has 0 aromatic heterocycles. The lowest BCUT2D eigenvalue weighted by atomic mass is 9.40. The molecule has 0 radical (unpaired) electrons. The fourth-order valence-corrected chi connectivity index (χ4v) is 7.10. The van der Waals surface area contributed by atoms with Gasteiger partial charge in [0.1, 0.15) is 0 Å². The number of allylic oxidation sites excluding steroid dienone is 4. The van der Waals surface area contributed by atoms with Gasteiger partial charge in [-0.3, -0.25) is 9.59 Å². The van der Waals surface area contributed by atoms with Crippen molar-refractivity contribution >= 4 is 11.6 Å². The number of Topliss-reactive ketones (excluding diaryl/α,β-unsaturated/α-hetero) is 2. The van der Waals surface area contributed by atoms with Crippen molar-refractivity contribution in [3.05, 3.63) is 23.2 Å². The summed E-state index contributed by atoms with van der Waals surface area (Å²) in [6, 6.07) is 0. The molecule has 1 heterocycles. The summed E-state index contributed by atoms with van der Waals surface area (Å²) >= 11 is 0. The molecule has 1 saturated heterocycles. The molecule has 0 bridgehead atoms. The second-order valence-electron chi connectivity index (χ2n) is 9.51. The van der Waals surface area contributed by atoms with Crippen molar-refractivity contribution in [1.82, 2.24) is 0 Å². The van der Waals surface area contributed by atoms with Crippen LogP contribution in [-0.4, -0.2) is 45.3 Å². The van der Waals surface area contributed by atoms with Crippen LogP contribution in [0.2, 0.25) is 0 Å². The molecule has 0 aromatic carbocycles. The third-order valence-electron chi connectivity index (χ3n) is 8.46. The Labute approximate surface area is 172 Å². The van der Waals surface area contributed by atoms with Gasteiger partial charge in [-0.15, -0.1) is 0 Å². The van der Waals surface area contributed by atoms with E-state index in [1.165, 1.54) is 7.11 Å². The Hall–Kier alpha value is -1.66. The highest BCUT2D eigenvalue weighted by Gasteiger charge is 2.71. The highest BCUT2D eigenvalue weighted by molar-refractivity contribution is 6.07. The van der Waals surface area contributed by atoms with Gasteiger partial charge < -0.3 is 18.9 Å². The van der Waals surface area contributed by atoms with E-state index in [2.05, 4.69) is 13.8 Å². The van der Waals surface area contributed by atoms with Crippen LogP contribution in [0, 0.1) is 34.5 Å². The van der Waals surface area contributed by atoms with Crippen LogP contribution in [0.25, 0.3) is 0 Å². The molecule has 1 aliphatic heterocycles. The van der Waals surface area contributed by atoms with E-state index in [9.17, 15) is 9.59 Å². The van der Waals surface area contributed by atoms with Gasteiger partial charge >= 0.3 is 0 Å². The molecule has 0 N–H and O–H groups in total. The van der Waals surface area contributed by atoms with Gasteiger partial charge in [0.05, 0.1) is 20.3 Å². The van der Waals surface area contributed by atoms with Crippen LogP contribution in [0.15, 0.2) is 23.2 Å². The fourth-order valence-electron chi connectivity index (χ4n) is 7.10. The fraction of sp³-hybridized carbons (Fsp3) is 0.739. The molecular formula is C23H32O6. The second kappa shape index (κ2) is 6.67. The molecule has 29 heavy (non-hydrogen) atoms. The third kappa shape index (κ3) is 2.42. The van der Waals surface area contributed by atoms with E-state index in [1.54, 1.807) is 14.2 Å². The van der Waals surface area contributed by atoms with E-state index in [4.69, 9.17) is 18.9 Å². The smallest absolute Gasteiger partial charge is 0.203 e. The normalized spacial score (nSPS) is 46.7. The van der Waals surface area contributed by atoms with Crippen LogP contribution in [0.4, 0.5) is 0 Å². The predicted octanol–water partition coefficient (Wildman–Crippen LogP) is 3.26. The van der Waals surface area contributed by atoms with Crippen molar-refractivity contribution in [3.63, 3.8) is 0 Å². The maximum atomic E-state index is 13.8. The van der Waals surface area contributed by atoms with Gasteiger partial charge in [0.25, 0.3) is 0 Å². The molecule has 2 fully saturated rings. The van der Waals surface area contributed by atoms with Crippen LogP contribution in [0.3, 0.4) is 0 Å². The topological polar surface area (TPSA) is 71.1 Å². The minimum Gasteiger partial charge on any atom is -0.493 e. The molecule has 4 aliphatic rings. The van der Waals surface area contributed by atoms with Gasteiger partial charge in [-0.05, 0) is 42.7 Å². The number of hydrogen-bond donors (Lipinski definition) is 0. The van der Waals surface area contributed by atoms with Crippen LogP contribution in [0.5, 0.6) is 0 Å². The molecule has 4 rings (SSSR count). The number of carbonyl (C=O) groups excluding carboxylic acids is 2. The second-order valence-corrected chi connectivity index (χ2v) is 9.51. The first kappa shape index (κ1) is 20.6. The van der Waals surface area contributed by atoms with E-state index in [0.717, 1.165) is 5.57 Å². The molecule has 8 atom stereocenters. The van der Waals surface area contributed by atoms with Crippen molar-refractivity contribution in [2.45, 2.75) is 52.9 Å². The van der Waals surface area contributed by atoms with Gasteiger partial charge in [-0.2, -0.15) is 0 Å². The van der Waals surface area contributed by atoms with Gasteiger partial charge in [0, 0.05) is 30.3 Å². The van der Waals surface area contributed by atoms with E-state index in [0.29, 0.717) is 24.4 Å². The molecular weight excluding hydrogens is 372 g/mol. The van der Waals surface area contributed by atoms with Crippen molar-refractivity contribution in [2.75, 3.05) is 21.3 Å². The van der Waals surface area contributed by atoms with Crippen LogP contribution in [0.1, 0.15) is 40.5 Å². The van der Waals surface area contributed by atoms with Crippen LogP contribution < -0.4 is 0 Å². The lowest BCUT2D eigenvalue weighted by Crippen LogP contribution is -2.69. The Balaban J connectivity index is 1.96. The number of carbonyl (C=O) groups is 2. The number of ketones is 2. The van der Waals surface area contributed by atoms with Gasteiger partial charge in [0.15, 0.2) is 17.8 Å². The predicted molar refractivity (Wildman–Crippen MR) is 106 cm³/mol. The third-order valence-corrected chi connectivity index (χ3v) is 8.46. The molecule has 0 unspecified atom stereocenters. The summed E-state index contributed by atoms with van der Waals surface area (Å²) in [5.41, 5.74) is -0.435. The van der Waals surface area contributed by atoms with Crippen molar-refractivity contribution < 1.29 is 28.5 Å². The molecule has 6 nitrogen and oxygen atoms in total. The zero-order chi connectivity index (χ0) is 21.3. The van der Waals surface area contributed by atoms with E-state index in [-0.39, 0.29) is 41.7 Å². The Bertz CT molecular complexity index is 812. The average molecular weight is 405 g/mol. The minimum atomic E-state index is -0.867. The Morgan fingerprint density at radius 3 is 2.38 bits per heavy atom. The monoisotopic (exact) mass is 404 g/mol. The van der Waals surface area contributed by atoms with Crippen molar-refractivity contribution in [2.24, 2.45) is 34.5 Å². The molecule has 0 amide bonds. The quantitative estimate of drug-likeness (QED) is 0.719. The standard InChI is InChI=1S/C23H32O6/c1-11-8-15(26-5)21(25)23(4)13(11)9-16-22(3)14(10-17(27-6)29-16)12(2)19(28-7)18(24)20(22)23/h8,11,13-14,16-17,20H,9-10H2,1-7H3/t11-,13+,14+,16-,17+,20+,22-,23+/m1/s1. The number of fused-ring (bicyclic) bond motifs is 2. The lowest BCUT2D eigenvalue weighted by molar-refractivity contribution is -0.279. The molecule has 0 aromatic rings. The lowest BCUT2D eigenvalue weighted by Gasteiger charge is -2.65. The Morgan fingerprint density at radius 1 is 1.10 bits per heavy atom. The first-order valence-corrected chi connectivity index (χ1v) is 10.4.